The average Bonchev–Trinajstić information content (AvgIpc) is 3.10. The lowest BCUT2D eigenvalue weighted by atomic mass is 10.1. The molecule has 0 spiro atoms. The van der Waals surface area contributed by atoms with Crippen molar-refractivity contribution in [1.29, 1.82) is 0 Å². The van der Waals surface area contributed by atoms with Gasteiger partial charge in [-0.15, -0.1) is 0 Å². The van der Waals surface area contributed by atoms with Gasteiger partial charge in [-0.25, -0.2) is 0 Å². The molecular formula is C16H16N4O2. The zero-order chi connectivity index (χ0) is 15.5. The van der Waals surface area contributed by atoms with Gasteiger partial charge in [0.2, 0.25) is 0 Å². The van der Waals surface area contributed by atoms with Crippen LogP contribution in [0.1, 0.15) is 27.3 Å². The fourth-order valence-corrected chi connectivity index (χ4v) is 2.23. The number of anilines is 1. The van der Waals surface area contributed by atoms with Crippen LogP contribution in [0.15, 0.2) is 47.2 Å². The predicted octanol–water partition coefficient (Wildman–Crippen LogP) is 2.79. The fraction of sp³-hybridized carbons (Fsp3) is 0.188. The molecule has 0 aliphatic carbocycles. The van der Waals surface area contributed by atoms with Crippen molar-refractivity contribution in [2.75, 3.05) is 5.32 Å². The maximum absolute atomic E-state index is 12.0. The highest BCUT2D eigenvalue weighted by Gasteiger charge is 2.08. The van der Waals surface area contributed by atoms with E-state index >= 15 is 0 Å². The molecule has 0 bridgehead atoms. The second-order valence-electron chi connectivity index (χ2n) is 5.12. The van der Waals surface area contributed by atoms with Crippen molar-refractivity contribution in [3.8, 4) is 0 Å². The monoisotopic (exact) mass is 296 g/mol. The van der Waals surface area contributed by atoms with Crippen molar-refractivity contribution in [3.05, 3.63) is 65.2 Å². The number of hydrogen-bond donors (Lipinski definition) is 1. The Morgan fingerprint density at radius 1 is 1.23 bits per heavy atom. The van der Waals surface area contributed by atoms with Gasteiger partial charge in [-0.05, 0) is 37.6 Å². The van der Waals surface area contributed by atoms with Gasteiger partial charge >= 0.3 is 0 Å². The first kappa shape index (κ1) is 14.1. The number of carbonyl (C=O) groups excluding carboxylic acids is 1. The van der Waals surface area contributed by atoms with Crippen molar-refractivity contribution in [1.82, 2.24) is 14.9 Å². The van der Waals surface area contributed by atoms with Crippen LogP contribution >= 0.6 is 0 Å². The molecule has 1 N–H and O–H groups in total. The molecule has 0 radical (unpaired) electrons. The van der Waals surface area contributed by atoms with Gasteiger partial charge < -0.3 is 9.84 Å². The van der Waals surface area contributed by atoms with Gasteiger partial charge in [0.25, 0.3) is 5.91 Å². The van der Waals surface area contributed by atoms with Crippen LogP contribution in [-0.2, 0) is 6.54 Å². The molecule has 0 fully saturated rings. The molecule has 0 unspecified atom stereocenters. The summed E-state index contributed by atoms with van der Waals surface area (Å²) in [6.45, 7) is 4.69. The number of nitrogens with zero attached hydrogens (tertiary/aromatic N) is 3. The Labute approximate surface area is 127 Å². The van der Waals surface area contributed by atoms with Gasteiger partial charge in [-0.3, -0.25) is 9.48 Å². The number of aromatic nitrogens is 3. The van der Waals surface area contributed by atoms with E-state index < -0.39 is 0 Å². The van der Waals surface area contributed by atoms with E-state index in [9.17, 15) is 4.79 Å². The summed E-state index contributed by atoms with van der Waals surface area (Å²) in [6, 6.07) is 11.1. The number of benzene rings is 1. The lowest BCUT2D eigenvalue weighted by Gasteiger charge is -2.06. The number of hydrogen-bond acceptors (Lipinski definition) is 4. The van der Waals surface area contributed by atoms with Crippen molar-refractivity contribution < 1.29 is 9.32 Å². The summed E-state index contributed by atoms with van der Waals surface area (Å²) in [5.74, 6) is 0.184. The highest BCUT2D eigenvalue weighted by molar-refractivity contribution is 6.03. The summed E-state index contributed by atoms with van der Waals surface area (Å²) in [5, 5.41) is 10.7. The second kappa shape index (κ2) is 5.85. The summed E-state index contributed by atoms with van der Waals surface area (Å²) in [4.78, 5) is 12.0. The van der Waals surface area contributed by atoms with E-state index in [1.165, 1.54) is 6.26 Å². The molecule has 6 nitrogen and oxygen atoms in total. The number of rotatable bonds is 4. The number of amides is 1. The molecule has 2 aromatic heterocycles. The minimum Gasteiger partial charge on any atom is -0.363 e. The van der Waals surface area contributed by atoms with E-state index in [0.717, 1.165) is 17.0 Å². The van der Waals surface area contributed by atoms with E-state index in [4.69, 9.17) is 0 Å². The lowest BCUT2D eigenvalue weighted by molar-refractivity contribution is 0.102. The standard InChI is InChI=1S/C16H16N4O2/c1-11-9-12(2)20(18-11)10-13-3-5-14(6-4-13)16(21)17-15-7-8-22-19-15/h3-9H,10H2,1-2H3,(H,17,19,21). The van der Waals surface area contributed by atoms with E-state index in [0.29, 0.717) is 17.9 Å². The number of nitrogens with one attached hydrogen (secondary N) is 1. The summed E-state index contributed by atoms with van der Waals surface area (Å²) in [6.07, 6.45) is 1.41. The maximum atomic E-state index is 12.0. The van der Waals surface area contributed by atoms with Crippen LogP contribution in [0.25, 0.3) is 0 Å². The molecule has 2 heterocycles. The molecule has 112 valence electrons. The van der Waals surface area contributed by atoms with E-state index in [2.05, 4.69) is 20.1 Å². The van der Waals surface area contributed by atoms with Crippen molar-refractivity contribution >= 4 is 11.7 Å². The Bertz CT molecular complexity index is 773. The molecular weight excluding hydrogens is 280 g/mol. The van der Waals surface area contributed by atoms with E-state index in [1.807, 2.05) is 36.7 Å². The normalized spacial score (nSPS) is 10.6. The molecule has 22 heavy (non-hydrogen) atoms. The average molecular weight is 296 g/mol. The third-order valence-electron chi connectivity index (χ3n) is 3.33. The molecule has 0 aliphatic rings. The van der Waals surface area contributed by atoms with Gasteiger partial charge in [-0.2, -0.15) is 5.10 Å². The smallest absolute Gasteiger partial charge is 0.256 e. The van der Waals surface area contributed by atoms with Crippen molar-refractivity contribution in [3.63, 3.8) is 0 Å². The zero-order valence-corrected chi connectivity index (χ0v) is 12.4. The largest absolute Gasteiger partial charge is 0.363 e. The number of carbonyl (C=O) groups is 1. The SMILES string of the molecule is Cc1cc(C)n(Cc2ccc(C(=O)Nc3ccon3)cc2)n1. The summed E-state index contributed by atoms with van der Waals surface area (Å²) in [5.41, 5.74) is 3.77. The maximum Gasteiger partial charge on any atom is 0.256 e. The predicted molar refractivity (Wildman–Crippen MR) is 81.7 cm³/mol. The van der Waals surface area contributed by atoms with Gasteiger partial charge in [0.15, 0.2) is 5.82 Å². The summed E-state index contributed by atoms with van der Waals surface area (Å²) in [7, 11) is 0. The van der Waals surface area contributed by atoms with Crippen molar-refractivity contribution in [2.45, 2.75) is 20.4 Å². The Morgan fingerprint density at radius 3 is 2.59 bits per heavy atom. The minimum absolute atomic E-state index is 0.216. The van der Waals surface area contributed by atoms with Crippen LogP contribution in [0, 0.1) is 13.8 Å². The molecule has 3 rings (SSSR count). The Morgan fingerprint density at radius 2 is 2.00 bits per heavy atom. The Kier molecular flexibility index (Phi) is 3.74. The summed E-state index contributed by atoms with van der Waals surface area (Å²) < 4.78 is 6.62. The number of aryl methyl sites for hydroxylation is 2. The molecule has 0 atom stereocenters. The fourth-order valence-electron chi connectivity index (χ4n) is 2.23. The van der Waals surface area contributed by atoms with Crippen LogP contribution in [0.5, 0.6) is 0 Å². The first-order valence-electron chi connectivity index (χ1n) is 6.93. The minimum atomic E-state index is -0.216. The Hall–Kier alpha value is -2.89. The van der Waals surface area contributed by atoms with Crippen LogP contribution < -0.4 is 5.32 Å². The molecule has 0 saturated carbocycles. The first-order chi connectivity index (χ1) is 10.6. The third-order valence-corrected chi connectivity index (χ3v) is 3.33. The highest BCUT2D eigenvalue weighted by Crippen LogP contribution is 2.11. The molecule has 6 heteroatoms. The first-order valence-corrected chi connectivity index (χ1v) is 6.93. The molecule has 0 saturated heterocycles. The van der Waals surface area contributed by atoms with Gasteiger partial charge in [0, 0.05) is 17.3 Å². The third kappa shape index (κ3) is 3.06. The lowest BCUT2D eigenvalue weighted by Crippen LogP contribution is -2.12. The van der Waals surface area contributed by atoms with Crippen LogP contribution in [0.2, 0.25) is 0 Å². The van der Waals surface area contributed by atoms with Crippen LogP contribution in [0.4, 0.5) is 5.82 Å². The van der Waals surface area contributed by atoms with E-state index in [1.54, 1.807) is 18.2 Å². The molecule has 0 aliphatic heterocycles. The summed E-state index contributed by atoms with van der Waals surface area (Å²) >= 11 is 0. The zero-order valence-electron chi connectivity index (χ0n) is 12.4. The van der Waals surface area contributed by atoms with Crippen LogP contribution in [0.3, 0.4) is 0 Å². The Balaban J connectivity index is 1.70. The quantitative estimate of drug-likeness (QED) is 0.803. The van der Waals surface area contributed by atoms with E-state index in [-0.39, 0.29) is 5.91 Å². The van der Waals surface area contributed by atoms with Gasteiger partial charge in [-0.1, -0.05) is 17.3 Å². The van der Waals surface area contributed by atoms with Crippen LogP contribution in [-0.4, -0.2) is 20.8 Å². The van der Waals surface area contributed by atoms with Gasteiger partial charge in [0.05, 0.1) is 12.2 Å². The van der Waals surface area contributed by atoms with Gasteiger partial charge in [0.1, 0.15) is 6.26 Å². The highest BCUT2D eigenvalue weighted by atomic mass is 16.5. The molecule has 3 aromatic rings. The topological polar surface area (TPSA) is 73.0 Å². The molecule has 1 amide bonds. The second-order valence-corrected chi connectivity index (χ2v) is 5.12. The molecule has 1 aromatic carbocycles. The van der Waals surface area contributed by atoms with Crippen molar-refractivity contribution in [2.24, 2.45) is 0 Å².